The maximum Gasteiger partial charge on any atom is 0.246 e. The molecule has 0 aliphatic heterocycles. The Morgan fingerprint density at radius 3 is 2.93 bits per heavy atom. The molecule has 11 heteroatoms. The molecule has 29 heavy (non-hydrogen) atoms. The molecule has 0 spiro atoms. The van der Waals surface area contributed by atoms with Crippen LogP contribution >= 0.6 is 11.6 Å². The highest BCUT2D eigenvalue weighted by Gasteiger charge is 2.19. The number of ether oxygens (including phenoxy) is 1. The SMILES string of the molecule is CCOCCn1nc(CNC(=O)CO)c2nc(Cl)nc(Nc3cc(C)ccn3)c21. The number of halogens is 1. The molecule has 154 valence electrons. The molecule has 0 aliphatic rings. The monoisotopic (exact) mass is 419 g/mol. The van der Waals surface area contributed by atoms with Gasteiger partial charge < -0.3 is 20.5 Å². The number of aliphatic hydroxyl groups excluding tert-OH is 1. The van der Waals surface area contributed by atoms with Crippen LogP contribution in [-0.4, -0.2) is 55.6 Å². The zero-order chi connectivity index (χ0) is 20.8. The predicted octanol–water partition coefficient (Wildman–Crippen LogP) is 1.57. The Labute approximate surface area is 172 Å². The van der Waals surface area contributed by atoms with Crippen molar-refractivity contribution < 1.29 is 14.6 Å². The first-order valence-electron chi connectivity index (χ1n) is 9.09. The molecule has 0 aliphatic carbocycles. The largest absolute Gasteiger partial charge is 0.387 e. The van der Waals surface area contributed by atoms with Gasteiger partial charge in [0.25, 0.3) is 0 Å². The lowest BCUT2D eigenvalue weighted by Crippen LogP contribution is -2.26. The van der Waals surface area contributed by atoms with Gasteiger partial charge in [0, 0.05) is 12.8 Å². The van der Waals surface area contributed by atoms with E-state index in [-0.39, 0.29) is 11.8 Å². The minimum atomic E-state index is -0.607. The first-order valence-corrected chi connectivity index (χ1v) is 9.47. The van der Waals surface area contributed by atoms with Crippen LogP contribution in [0.25, 0.3) is 11.0 Å². The third kappa shape index (κ3) is 5.17. The number of aromatic nitrogens is 5. The molecule has 3 aromatic heterocycles. The van der Waals surface area contributed by atoms with E-state index in [0.29, 0.717) is 48.1 Å². The van der Waals surface area contributed by atoms with E-state index in [2.05, 4.69) is 30.7 Å². The molecule has 0 saturated carbocycles. The van der Waals surface area contributed by atoms with Gasteiger partial charge in [-0.2, -0.15) is 10.1 Å². The molecule has 3 heterocycles. The van der Waals surface area contributed by atoms with Gasteiger partial charge in [-0.05, 0) is 43.1 Å². The van der Waals surface area contributed by atoms with Crippen molar-refractivity contribution in [1.29, 1.82) is 0 Å². The lowest BCUT2D eigenvalue weighted by molar-refractivity contribution is -0.123. The van der Waals surface area contributed by atoms with Gasteiger partial charge in [-0.3, -0.25) is 9.48 Å². The molecule has 0 radical (unpaired) electrons. The summed E-state index contributed by atoms with van der Waals surface area (Å²) < 4.78 is 7.15. The van der Waals surface area contributed by atoms with Crippen molar-refractivity contribution in [3.63, 3.8) is 0 Å². The summed E-state index contributed by atoms with van der Waals surface area (Å²) in [6, 6.07) is 3.77. The van der Waals surface area contributed by atoms with Crippen LogP contribution < -0.4 is 10.6 Å². The molecular formula is C18H22ClN7O3. The second kappa shape index (κ2) is 9.59. The molecule has 1 amide bonds. The normalized spacial score (nSPS) is 11.0. The van der Waals surface area contributed by atoms with Crippen LogP contribution in [0.2, 0.25) is 5.28 Å². The first kappa shape index (κ1) is 20.9. The zero-order valence-electron chi connectivity index (χ0n) is 16.1. The lowest BCUT2D eigenvalue weighted by Gasteiger charge is -2.10. The summed E-state index contributed by atoms with van der Waals surface area (Å²) in [6.45, 7) is 4.84. The Kier molecular flexibility index (Phi) is 6.91. The molecule has 0 unspecified atom stereocenters. The van der Waals surface area contributed by atoms with Gasteiger partial charge >= 0.3 is 0 Å². The van der Waals surface area contributed by atoms with Gasteiger partial charge in [0.15, 0.2) is 5.82 Å². The highest BCUT2D eigenvalue weighted by atomic mass is 35.5. The molecule has 0 aromatic carbocycles. The van der Waals surface area contributed by atoms with Crippen molar-refractivity contribution in [2.24, 2.45) is 0 Å². The van der Waals surface area contributed by atoms with Crippen LogP contribution in [-0.2, 0) is 22.6 Å². The molecular weight excluding hydrogens is 398 g/mol. The number of hydrogen-bond donors (Lipinski definition) is 3. The quantitative estimate of drug-likeness (QED) is 0.352. The summed E-state index contributed by atoms with van der Waals surface area (Å²) in [4.78, 5) is 24.4. The smallest absolute Gasteiger partial charge is 0.246 e. The van der Waals surface area contributed by atoms with E-state index < -0.39 is 12.5 Å². The van der Waals surface area contributed by atoms with E-state index in [0.717, 1.165) is 5.56 Å². The number of aryl methyl sites for hydroxylation is 1. The zero-order valence-corrected chi connectivity index (χ0v) is 16.9. The Morgan fingerprint density at radius 2 is 2.21 bits per heavy atom. The molecule has 0 saturated heterocycles. The number of amides is 1. The van der Waals surface area contributed by atoms with Crippen molar-refractivity contribution in [3.8, 4) is 0 Å². The Bertz CT molecular complexity index is 1010. The molecule has 3 N–H and O–H groups in total. The number of anilines is 2. The third-order valence-electron chi connectivity index (χ3n) is 4.04. The van der Waals surface area contributed by atoms with Crippen molar-refractivity contribution in [3.05, 3.63) is 34.9 Å². The van der Waals surface area contributed by atoms with Crippen molar-refractivity contribution in [2.75, 3.05) is 25.1 Å². The maximum absolute atomic E-state index is 11.5. The summed E-state index contributed by atoms with van der Waals surface area (Å²) >= 11 is 6.15. The summed E-state index contributed by atoms with van der Waals surface area (Å²) in [6.07, 6.45) is 1.69. The van der Waals surface area contributed by atoms with Crippen molar-refractivity contribution >= 4 is 40.2 Å². The van der Waals surface area contributed by atoms with E-state index in [4.69, 9.17) is 21.4 Å². The summed E-state index contributed by atoms with van der Waals surface area (Å²) in [7, 11) is 0. The minimum absolute atomic E-state index is 0.0340. The van der Waals surface area contributed by atoms with E-state index >= 15 is 0 Å². The number of nitrogens with one attached hydrogen (secondary N) is 2. The fraction of sp³-hybridized carbons (Fsp3) is 0.389. The fourth-order valence-electron chi connectivity index (χ4n) is 2.74. The molecule has 3 aromatic rings. The highest BCUT2D eigenvalue weighted by Crippen LogP contribution is 2.27. The second-order valence-corrected chi connectivity index (χ2v) is 6.52. The Morgan fingerprint density at radius 1 is 1.38 bits per heavy atom. The molecule has 0 fully saturated rings. The number of nitrogens with zero attached hydrogens (tertiary/aromatic N) is 5. The second-order valence-electron chi connectivity index (χ2n) is 6.18. The number of fused-ring (bicyclic) bond motifs is 1. The summed E-state index contributed by atoms with van der Waals surface area (Å²) in [5.41, 5.74) is 2.65. The average molecular weight is 420 g/mol. The molecule has 0 bridgehead atoms. The van der Waals surface area contributed by atoms with E-state index in [1.807, 2.05) is 26.0 Å². The van der Waals surface area contributed by atoms with Crippen LogP contribution in [0.15, 0.2) is 18.3 Å². The van der Waals surface area contributed by atoms with E-state index in [9.17, 15) is 4.79 Å². The van der Waals surface area contributed by atoms with Gasteiger partial charge in [-0.25, -0.2) is 9.97 Å². The minimum Gasteiger partial charge on any atom is -0.387 e. The van der Waals surface area contributed by atoms with Gasteiger partial charge in [0.1, 0.15) is 29.2 Å². The highest BCUT2D eigenvalue weighted by molar-refractivity contribution is 6.28. The van der Waals surface area contributed by atoms with Gasteiger partial charge in [-0.1, -0.05) is 0 Å². The first-order chi connectivity index (χ1) is 14.0. The summed E-state index contributed by atoms with van der Waals surface area (Å²) in [5, 5.41) is 19.3. The van der Waals surface area contributed by atoms with Gasteiger partial charge in [0.05, 0.1) is 19.7 Å². The summed E-state index contributed by atoms with van der Waals surface area (Å²) in [5.74, 6) is 0.542. The predicted molar refractivity (Wildman–Crippen MR) is 108 cm³/mol. The number of carbonyl (C=O) groups is 1. The number of rotatable bonds is 9. The Balaban J connectivity index is 2.04. The van der Waals surface area contributed by atoms with E-state index in [1.54, 1.807) is 10.9 Å². The van der Waals surface area contributed by atoms with E-state index in [1.165, 1.54) is 0 Å². The van der Waals surface area contributed by atoms with Gasteiger partial charge in [-0.15, -0.1) is 0 Å². The topological polar surface area (TPSA) is 127 Å². The average Bonchev–Trinajstić information content (AvgIpc) is 3.04. The number of carbonyl (C=O) groups excluding carboxylic acids is 1. The molecule has 10 nitrogen and oxygen atoms in total. The Hall–Kier alpha value is -2.82. The number of aliphatic hydroxyl groups is 1. The van der Waals surface area contributed by atoms with Crippen molar-refractivity contribution in [2.45, 2.75) is 26.9 Å². The number of pyridine rings is 1. The van der Waals surface area contributed by atoms with Crippen molar-refractivity contribution in [1.82, 2.24) is 30.0 Å². The third-order valence-corrected chi connectivity index (χ3v) is 4.21. The molecule has 0 atom stereocenters. The van der Waals surface area contributed by atoms with Crippen LogP contribution in [0.4, 0.5) is 11.6 Å². The van der Waals surface area contributed by atoms with Gasteiger partial charge in [0.2, 0.25) is 11.2 Å². The molecule has 3 rings (SSSR count). The van der Waals surface area contributed by atoms with Crippen LogP contribution in [0.5, 0.6) is 0 Å². The van der Waals surface area contributed by atoms with Crippen LogP contribution in [0.1, 0.15) is 18.2 Å². The lowest BCUT2D eigenvalue weighted by atomic mass is 10.3. The van der Waals surface area contributed by atoms with Crippen LogP contribution in [0.3, 0.4) is 0 Å². The number of hydrogen-bond acceptors (Lipinski definition) is 8. The maximum atomic E-state index is 11.5. The van der Waals surface area contributed by atoms with Crippen LogP contribution in [0, 0.1) is 6.92 Å². The standard InChI is InChI=1S/C18H22ClN7O3/c1-3-29-7-6-26-16-15(12(25-26)9-21-14(28)10-27)23-18(19)24-17(16)22-13-8-11(2)4-5-20-13/h4-5,8,27H,3,6-7,9-10H2,1-2H3,(H,21,28)(H,20,22,23,24). The fourth-order valence-corrected chi connectivity index (χ4v) is 2.91.